The summed E-state index contributed by atoms with van der Waals surface area (Å²) in [6.45, 7) is 4.29. The van der Waals surface area contributed by atoms with Crippen molar-refractivity contribution >= 4 is 11.0 Å². The van der Waals surface area contributed by atoms with Crippen LogP contribution in [0, 0.1) is 0 Å². The van der Waals surface area contributed by atoms with Crippen LogP contribution in [0.2, 0.25) is 0 Å². The second-order valence-electron chi connectivity index (χ2n) is 5.63. The molecule has 0 amide bonds. The average Bonchev–Trinajstić information content (AvgIpc) is 2.53. The molecule has 0 atom stereocenters. The topological polar surface area (TPSA) is 39.4 Å². The molecule has 0 unspecified atom stereocenters. The van der Waals surface area contributed by atoms with Gasteiger partial charge in [0.15, 0.2) is 0 Å². The molecule has 0 N–H and O–H groups in total. The van der Waals surface area contributed by atoms with Crippen molar-refractivity contribution in [1.82, 2.24) is 0 Å². The maximum absolute atomic E-state index is 12.2. The summed E-state index contributed by atoms with van der Waals surface area (Å²) in [5.74, 6) is 1.14. The minimum atomic E-state index is -0.335. The van der Waals surface area contributed by atoms with Crippen LogP contribution in [0.5, 0.6) is 5.75 Å². The largest absolute Gasteiger partial charge is 0.497 e. The van der Waals surface area contributed by atoms with Crippen LogP contribution in [-0.4, -0.2) is 7.11 Å². The molecule has 1 aromatic heterocycles. The molecule has 0 bridgehead atoms. The van der Waals surface area contributed by atoms with Crippen molar-refractivity contribution in [1.29, 1.82) is 0 Å². The number of hydrogen-bond donors (Lipinski definition) is 0. The average molecular weight is 294 g/mol. The van der Waals surface area contributed by atoms with Gasteiger partial charge in [-0.25, -0.2) is 4.79 Å². The molecule has 0 radical (unpaired) electrons. The fourth-order valence-electron chi connectivity index (χ4n) is 2.47. The first-order valence-corrected chi connectivity index (χ1v) is 7.30. The first-order valence-electron chi connectivity index (χ1n) is 7.30. The number of rotatable bonds is 3. The van der Waals surface area contributed by atoms with E-state index in [1.54, 1.807) is 13.2 Å². The summed E-state index contributed by atoms with van der Waals surface area (Å²) in [6.07, 6.45) is 0. The van der Waals surface area contributed by atoms with E-state index >= 15 is 0 Å². The molecule has 3 nitrogen and oxygen atoms in total. The molecule has 0 spiro atoms. The number of benzene rings is 2. The summed E-state index contributed by atoms with van der Waals surface area (Å²) in [5.41, 5.74) is 2.90. The molecule has 1 heterocycles. The molecule has 22 heavy (non-hydrogen) atoms. The van der Waals surface area contributed by atoms with Crippen molar-refractivity contribution in [2.75, 3.05) is 7.11 Å². The highest BCUT2D eigenvalue weighted by Gasteiger charge is 2.09. The molecule has 3 heteroatoms. The molecule has 0 saturated heterocycles. The zero-order valence-corrected chi connectivity index (χ0v) is 12.9. The van der Waals surface area contributed by atoms with E-state index in [9.17, 15) is 4.79 Å². The Morgan fingerprint density at radius 2 is 1.73 bits per heavy atom. The van der Waals surface area contributed by atoms with Crippen LogP contribution in [0.4, 0.5) is 0 Å². The van der Waals surface area contributed by atoms with Gasteiger partial charge in [0.1, 0.15) is 11.3 Å². The lowest BCUT2D eigenvalue weighted by Crippen LogP contribution is -2.03. The fourth-order valence-corrected chi connectivity index (χ4v) is 2.47. The molecular weight excluding hydrogens is 276 g/mol. The summed E-state index contributed by atoms with van der Waals surface area (Å²) in [6, 6.07) is 15.4. The minimum absolute atomic E-state index is 0.335. The van der Waals surface area contributed by atoms with Gasteiger partial charge in [-0.15, -0.1) is 0 Å². The lowest BCUT2D eigenvalue weighted by molar-refractivity contribution is 0.414. The summed E-state index contributed by atoms with van der Waals surface area (Å²) >= 11 is 0. The van der Waals surface area contributed by atoms with Gasteiger partial charge in [0, 0.05) is 11.5 Å². The van der Waals surface area contributed by atoms with E-state index in [1.165, 1.54) is 5.56 Å². The highest BCUT2D eigenvalue weighted by Crippen LogP contribution is 2.25. The Balaban J connectivity index is 2.10. The molecule has 2 aromatic carbocycles. The van der Waals surface area contributed by atoms with Crippen LogP contribution >= 0.6 is 0 Å². The predicted molar refractivity (Wildman–Crippen MR) is 88.6 cm³/mol. The maximum atomic E-state index is 12.2. The molecule has 0 aliphatic heterocycles. The summed E-state index contributed by atoms with van der Waals surface area (Å²) in [7, 11) is 1.59. The number of fused-ring (bicyclic) bond motifs is 1. The second kappa shape index (κ2) is 5.68. The van der Waals surface area contributed by atoms with E-state index in [0.29, 0.717) is 22.8 Å². The summed E-state index contributed by atoms with van der Waals surface area (Å²) in [5, 5.41) is 0.878. The van der Waals surface area contributed by atoms with Crippen molar-refractivity contribution in [3.05, 3.63) is 64.5 Å². The maximum Gasteiger partial charge on any atom is 0.344 e. The highest BCUT2D eigenvalue weighted by molar-refractivity contribution is 5.82. The SMILES string of the molecule is COc1ccc2cc(-c3ccc(C(C)C)cc3)c(=O)oc2c1. The van der Waals surface area contributed by atoms with Crippen molar-refractivity contribution in [2.45, 2.75) is 19.8 Å². The normalized spacial score (nSPS) is 11.1. The lowest BCUT2D eigenvalue weighted by atomic mass is 9.99. The molecule has 112 valence electrons. The minimum Gasteiger partial charge on any atom is -0.497 e. The van der Waals surface area contributed by atoms with Gasteiger partial charge < -0.3 is 9.15 Å². The van der Waals surface area contributed by atoms with Gasteiger partial charge in [-0.1, -0.05) is 38.1 Å². The first-order chi connectivity index (χ1) is 10.6. The van der Waals surface area contributed by atoms with Crippen LogP contribution in [0.25, 0.3) is 22.1 Å². The van der Waals surface area contributed by atoms with E-state index in [1.807, 2.05) is 30.3 Å². The summed E-state index contributed by atoms with van der Waals surface area (Å²) < 4.78 is 10.6. The Kier molecular flexibility index (Phi) is 3.72. The van der Waals surface area contributed by atoms with E-state index in [2.05, 4.69) is 26.0 Å². The highest BCUT2D eigenvalue weighted by atomic mass is 16.5. The molecular formula is C19H18O3. The van der Waals surface area contributed by atoms with Gasteiger partial charge in [-0.3, -0.25) is 0 Å². The number of methoxy groups -OCH3 is 1. The van der Waals surface area contributed by atoms with Gasteiger partial charge >= 0.3 is 5.63 Å². The molecule has 0 saturated carbocycles. The van der Waals surface area contributed by atoms with Gasteiger partial charge in [-0.2, -0.15) is 0 Å². The van der Waals surface area contributed by atoms with Crippen molar-refractivity contribution in [2.24, 2.45) is 0 Å². The molecule has 0 fully saturated rings. The van der Waals surface area contributed by atoms with Gasteiger partial charge in [0.2, 0.25) is 0 Å². The van der Waals surface area contributed by atoms with Crippen molar-refractivity contribution < 1.29 is 9.15 Å². The van der Waals surface area contributed by atoms with Crippen LogP contribution in [-0.2, 0) is 0 Å². The zero-order chi connectivity index (χ0) is 15.7. The van der Waals surface area contributed by atoms with Gasteiger partial charge in [-0.05, 0) is 35.2 Å². The van der Waals surface area contributed by atoms with Crippen LogP contribution in [0.3, 0.4) is 0 Å². The Labute approximate surface area is 129 Å². The van der Waals surface area contributed by atoms with Crippen molar-refractivity contribution in [3.8, 4) is 16.9 Å². The lowest BCUT2D eigenvalue weighted by Gasteiger charge is -2.07. The Bertz CT molecular complexity index is 858. The fraction of sp³-hybridized carbons (Fsp3) is 0.211. The summed E-state index contributed by atoms with van der Waals surface area (Å²) in [4.78, 5) is 12.2. The quantitative estimate of drug-likeness (QED) is 0.663. The number of hydrogen-bond acceptors (Lipinski definition) is 3. The first kappa shape index (κ1) is 14.4. The molecule has 3 rings (SSSR count). The van der Waals surface area contributed by atoms with E-state index in [-0.39, 0.29) is 5.63 Å². The third-order valence-electron chi connectivity index (χ3n) is 3.83. The predicted octanol–water partition coefficient (Wildman–Crippen LogP) is 4.59. The monoisotopic (exact) mass is 294 g/mol. The van der Waals surface area contributed by atoms with Crippen LogP contribution in [0.15, 0.2) is 57.7 Å². The van der Waals surface area contributed by atoms with Gasteiger partial charge in [0.05, 0.1) is 12.7 Å². The van der Waals surface area contributed by atoms with Crippen molar-refractivity contribution in [3.63, 3.8) is 0 Å². The molecule has 0 aliphatic rings. The van der Waals surface area contributed by atoms with E-state index in [4.69, 9.17) is 9.15 Å². The number of ether oxygens (including phenoxy) is 1. The Morgan fingerprint density at radius 1 is 1.00 bits per heavy atom. The molecule has 3 aromatic rings. The van der Waals surface area contributed by atoms with Crippen LogP contribution in [0.1, 0.15) is 25.3 Å². The third-order valence-corrected chi connectivity index (χ3v) is 3.83. The second-order valence-corrected chi connectivity index (χ2v) is 5.63. The Morgan fingerprint density at radius 3 is 2.36 bits per heavy atom. The zero-order valence-electron chi connectivity index (χ0n) is 12.9. The smallest absolute Gasteiger partial charge is 0.344 e. The van der Waals surface area contributed by atoms with E-state index in [0.717, 1.165) is 10.9 Å². The van der Waals surface area contributed by atoms with E-state index < -0.39 is 0 Å². The molecule has 0 aliphatic carbocycles. The van der Waals surface area contributed by atoms with Gasteiger partial charge in [0.25, 0.3) is 0 Å². The van der Waals surface area contributed by atoms with Crippen LogP contribution < -0.4 is 10.4 Å². The Hall–Kier alpha value is -2.55. The third kappa shape index (κ3) is 2.62. The standard InChI is InChI=1S/C19H18O3/c1-12(2)13-4-6-14(7-5-13)17-10-15-8-9-16(21-3)11-18(15)22-19(17)20/h4-12H,1-3H3.